The van der Waals surface area contributed by atoms with Crippen molar-refractivity contribution in [3.63, 3.8) is 0 Å². The second kappa shape index (κ2) is 3.67. The molecule has 2 rings (SSSR count). The molecule has 0 saturated heterocycles. The van der Waals surface area contributed by atoms with Gasteiger partial charge in [0, 0.05) is 0 Å². The first-order valence-corrected chi connectivity index (χ1v) is 5.30. The fourth-order valence-corrected chi connectivity index (χ4v) is 2.06. The Morgan fingerprint density at radius 2 is 2.12 bits per heavy atom. The normalized spacial score (nSPS) is 14.6. The van der Waals surface area contributed by atoms with Gasteiger partial charge in [0.1, 0.15) is 5.01 Å². The zero-order valence-electron chi connectivity index (χ0n) is 8.19. The van der Waals surface area contributed by atoms with E-state index in [9.17, 15) is 13.2 Å². The number of aromatic nitrogens is 4. The van der Waals surface area contributed by atoms with Crippen molar-refractivity contribution in [1.29, 1.82) is 0 Å². The van der Waals surface area contributed by atoms with E-state index in [0.29, 0.717) is 15.9 Å². The monoisotopic (exact) mass is 251 g/mol. The third kappa shape index (κ3) is 1.76. The van der Waals surface area contributed by atoms with Crippen molar-refractivity contribution in [2.45, 2.75) is 25.6 Å². The molecule has 0 aliphatic heterocycles. The summed E-state index contributed by atoms with van der Waals surface area (Å²) >= 11 is 1.02. The standard InChI is InChI=1S/C7H8F3N5S/c1-2-3(11)4-14-15-5(7(8,9)10)12-13-6(15)16-4/h3H,2,11H2,1H3. The zero-order chi connectivity index (χ0) is 11.9. The average molecular weight is 251 g/mol. The summed E-state index contributed by atoms with van der Waals surface area (Å²) in [7, 11) is 0. The van der Waals surface area contributed by atoms with Crippen LogP contribution in [0.3, 0.4) is 0 Å². The van der Waals surface area contributed by atoms with Crippen molar-refractivity contribution < 1.29 is 13.2 Å². The summed E-state index contributed by atoms with van der Waals surface area (Å²) in [4.78, 5) is 0.103. The van der Waals surface area contributed by atoms with E-state index in [2.05, 4.69) is 15.3 Å². The quantitative estimate of drug-likeness (QED) is 0.880. The molecular weight excluding hydrogens is 243 g/mol. The molecule has 0 bridgehead atoms. The smallest absolute Gasteiger partial charge is 0.322 e. The summed E-state index contributed by atoms with van der Waals surface area (Å²) in [5.74, 6) is -1.12. The van der Waals surface area contributed by atoms with E-state index >= 15 is 0 Å². The summed E-state index contributed by atoms with van der Waals surface area (Å²) in [6.07, 6.45) is -3.95. The summed E-state index contributed by atoms with van der Waals surface area (Å²) in [5, 5.41) is 10.7. The molecule has 0 aliphatic rings. The number of nitrogens with zero attached hydrogens (tertiary/aromatic N) is 4. The number of hydrogen-bond acceptors (Lipinski definition) is 5. The molecular formula is C7H8F3N5S. The van der Waals surface area contributed by atoms with Gasteiger partial charge in [-0.2, -0.15) is 22.8 Å². The Balaban J connectivity index is 2.52. The van der Waals surface area contributed by atoms with Gasteiger partial charge in [-0.05, 0) is 6.42 Å². The van der Waals surface area contributed by atoms with Gasteiger partial charge in [0.2, 0.25) is 4.96 Å². The molecule has 9 heteroatoms. The molecule has 0 radical (unpaired) electrons. The van der Waals surface area contributed by atoms with Crippen LogP contribution in [0.4, 0.5) is 13.2 Å². The molecule has 1 unspecified atom stereocenters. The molecule has 2 N–H and O–H groups in total. The Bertz CT molecular complexity index is 502. The second-order valence-electron chi connectivity index (χ2n) is 3.17. The first kappa shape index (κ1) is 11.3. The van der Waals surface area contributed by atoms with Gasteiger partial charge in [0.15, 0.2) is 0 Å². The molecule has 0 aromatic carbocycles. The predicted octanol–water partition coefficient (Wildman–Crippen LogP) is 1.61. The highest BCUT2D eigenvalue weighted by Crippen LogP contribution is 2.30. The SMILES string of the molecule is CCC(N)c1nn2c(C(F)(F)F)nnc2s1. The molecule has 0 saturated carbocycles. The number of alkyl halides is 3. The minimum Gasteiger partial charge on any atom is -0.322 e. The number of rotatable bonds is 2. The largest absolute Gasteiger partial charge is 0.453 e. The molecule has 0 aliphatic carbocycles. The van der Waals surface area contributed by atoms with Gasteiger partial charge in [-0.25, -0.2) is 0 Å². The Labute approximate surface area is 92.1 Å². The molecule has 1 atom stereocenters. The van der Waals surface area contributed by atoms with Crippen molar-refractivity contribution >= 4 is 16.3 Å². The molecule has 2 heterocycles. The van der Waals surface area contributed by atoms with Crippen LogP contribution in [0.15, 0.2) is 0 Å². The lowest BCUT2D eigenvalue weighted by Crippen LogP contribution is -2.13. The molecule has 0 amide bonds. The van der Waals surface area contributed by atoms with Crippen molar-refractivity contribution in [3.8, 4) is 0 Å². The maximum atomic E-state index is 12.5. The first-order chi connectivity index (χ1) is 7.43. The van der Waals surface area contributed by atoms with Gasteiger partial charge in [0.05, 0.1) is 6.04 Å². The van der Waals surface area contributed by atoms with E-state index in [1.54, 1.807) is 0 Å². The summed E-state index contributed by atoms with van der Waals surface area (Å²) in [6.45, 7) is 1.83. The summed E-state index contributed by atoms with van der Waals surface area (Å²) in [5.41, 5.74) is 5.68. The van der Waals surface area contributed by atoms with Crippen LogP contribution in [0.1, 0.15) is 30.2 Å². The van der Waals surface area contributed by atoms with Crippen LogP contribution in [0.25, 0.3) is 4.96 Å². The van der Waals surface area contributed by atoms with Crippen LogP contribution in [-0.2, 0) is 6.18 Å². The fourth-order valence-electron chi connectivity index (χ4n) is 1.13. The Morgan fingerprint density at radius 3 is 2.69 bits per heavy atom. The van der Waals surface area contributed by atoms with Crippen molar-refractivity contribution in [1.82, 2.24) is 19.8 Å². The van der Waals surface area contributed by atoms with E-state index in [4.69, 9.17) is 5.73 Å². The Morgan fingerprint density at radius 1 is 1.44 bits per heavy atom. The zero-order valence-corrected chi connectivity index (χ0v) is 9.01. The van der Waals surface area contributed by atoms with Gasteiger partial charge in [-0.3, -0.25) is 0 Å². The number of nitrogens with two attached hydrogens (primary N) is 1. The van der Waals surface area contributed by atoms with Gasteiger partial charge in [-0.15, -0.1) is 10.2 Å². The first-order valence-electron chi connectivity index (χ1n) is 4.48. The molecule has 88 valence electrons. The molecule has 2 aromatic rings. The van der Waals surface area contributed by atoms with Crippen molar-refractivity contribution in [2.75, 3.05) is 0 Å². The van der Waals surface area contributed by atoms with E-state index in [1.807, 2.05) is 6.92 Å². The van der Waals surface area contributed by atoms with Crippen LogP contribution in [0.5, 0.6) is 0 Å². The van der Waals surface area contributed by atoms with Gasteiger partial charge >= 0.3 is 6.18 Å². The van der Waals surface area contributed by atoms with Crippen molar-refractivity contribution in [2.24, 2.45) is 5.73 Å². The van der Waals surface area contributed by atoms with E-state index < -0.39 is 12.0 Å². The highest BCUT2D eigenvalue weighted by Gasteiger charge is 2.38. The molecule has 5 nitrogen and oxygen atoms in total. The highest BCUT2D eigenvalue weighted by molar-refractivity contribution is 7.16. The molecule has 0 fully saturated rings. The fraction of sp³-hybridized carbons (Fsp3) is 0.571. The van der Waals surface area contributed by atoms with Gasteiger partial charge in [-0.1, -0.05) is 18.3 Å². The van der Waals surface area contributed by atoms with Crippen LogP contribution in [0.2, 0.25) is 0 Å². The lowest BCUT2D eigenvalue weighted by molar-refractivity contribution is -0.146. The van der Waals surface area contributed by atoms with E-state index in [-0.39, 0.29) is 11.0 Å². The summed E-state index contributed by atoms with van der Waals surface area (Å²) < 4.78 is 38.1. The Kier molecular flexibility index (Phi) is 2.58. The van der Waals surface area contributed by atoms with Crippen LogP contribution in [-0.4, -0.2) is 19.8 Å². The molecule has 16 heavy (non-hydrogen) atoms. The Hall–Kier alpha value is -1.22. The van der Waals surface area contributed by atoms with Crippen molar-refractivity contribution in [3.05, 3.63) is 10.8 Å². The third-order valence-corrected chi connectivity index (χ3v) is 3.05. The number of hydrogen-bond donors (Lipinski definition) is 1. The lowest BCUT2D eigenvalue weighted by atomic mass is 10.3. The maximum absolute atomic E-state index is 12.5. The minimum atomic E-state index is -4.55. The lowest BCUT2D eigenvalue weighted by Gasteiger charge is -2.02. The maximum Gasteiger partial charge on any atom is 0.453 e. The molecule has 2 aromatic heterocycles. The van der Waals surface area contributed by atoms with Gasteiger partial charge in [0.25, 0.3) is 5.82 Å². The van der Waals surface area contributed by atoms with Crippen LogP contribution >= 0.6 is 11.3 Å². The van der Waals surface area contributed by atoms with E-state index in [0.717, 1.165) is 11.3 Å². The number of halogens is 3. The average Bonchev–Trinajstić information content (AvgIpc) is 2.72. The third-order valence-electron chi connectivity index (χ3n) is 2.02. The van der Waals surface area contributed by atoms with Crippen LogP contribution < -0.4 is 5.73 Å². The topological polar surface area (TPSA) is 69.1 Å². The van der Waals surface area contributed by atoms with Crippen LogP contribution in [0, 0.1) is 0 Å². The summed E-state index contributed by atoms with van der Waals surface area (Å²) in [6, 6.07) is -0.368. The minimum absolute atomic E-state index is 0.103. The molecule has 0 spiro atoms. The van der Waals surface area contributed by atoms with E-state index in [1.165, 1.54) is 0 Å². The predicted molar refractivity (Wildman–Crippen MR) is 50.9 cm³/mol. The number of fused-ring (bicyclic) bond motifs is 1. The highest BCUT2D eigenvalue weighted by atomic mass is 32.1. The second-order valence-corrected chi connectivity index (χ2v) is 4.16. The van der Waals surface area contributed by atoms with Gasteiger partial charge < -0.3 is 5.73 Å².